The minimum Gasteiger partial charge on any atom is -0.280 e. The molecule has 1 aromatic heterocycles. The van der Waals surface area contributed by atoms with Gasteiger partial charge in [-0.3, -0.25) is 9.71 Å². The van der Waals surface area contributed by atoms with Crippen LogP contribution in [0.25, 0.3) is 12.2 Å². The zero-order valence-electron chi connectivity index (χ0n) is 14.4. The van der Waals surface area contributed by atoms with Gasteiger partial charge in [-0.25, -0.2) is 8.42 Å². The van der Waals surface area contributed by atoms with E-state index in [4.69, 9.17) is 0 Å². The molecule has 1 N–H and O–H groups in total. The van der Waals surface area contributed by atoms with Crippen molar-refractivity contribution in [2.75, 3.05) is 4.72 Å². The maximum atomic E-state index is 13.1. The molecule has 0 fully saturated rings. The third-order valence-corrected chi connectivity index (χ3v) is 5.19. The van der Waals surface area contributed by atoms with Gasteiger partial charge in [0.1, 0.15) is 0 Å². The number of benzene rings is 2. The molecule has 0 aliphatic carbocycles. The Labute approximate surface area is 160 Å². The van der Waals surface area contributed by atoms with Gasteiger partial charge in [0.05, 0.1) is 16.2 Å². The first-order valence-corrected chi connectivity index (χ1v) is 9.62. The quantitative estimate of drug-likeness (QED) is 0.646. The van der Waals surface area contributed by atoms with Crippen LogP contribution in [0.2, 0.25) is 0 Å². The van der Waals surface area contributed by atoms with Crippen LogP contribution in [0.5, 0.6) is 0 Å². The predicted molar refractivity (Wildman–Crippen MR) is 102 cm³/mol. The standard InChI is InChI=1S/C20H15F3N2O2S/c21-20(22,23)18-9-1-2-10-19(18)28(26,27)25-17-8-5-6-15(14-17)11-12-16-7-3-4-13-24-16/h1-14,25H/b12-11+. The van der Waals surface area contributed by atoms with Gasteiger partial charge in [-0.1, -0.05) is 36.4 Å². The summed E-state index contributed by atoms with van der Waals surface area (Å²) in [6, 6.07) is 15.8. The Bertz CT molecular complexity index is 1100. The average molecular weight is 404 g/mol. The predicted octanol–water partition coefficient (Wildman–Crippen LogP) is 5.07. The molecule has 0 atom stereocenters. The van der Waals surface area contributed by atoms with Gasteiger partial charge < -0.3 is 0 Å². The van der Waals surface area contributed by atoms with Crippen LogP contribution in [0.3, 0.4) is 0 Å². The minimum absolute atomic E-state index is 0.153. The van der Waals surface area contributed by atoms with E-state index < -0.39 is 26.7 Å². The van der Waals surface area contributed by atoms with E-state index >= 15 is 0 Å². The SMILES string of the molecule is O=S(=O)(Nc1cccc(/C=C/c2ccccn2)c1)c1ccccc1C(F)(F)F. The van der Waals surface area contributed by atoms with Crippen LogP contribution in [0, 0.1) is 0 Å². The summed E-state index contributed by atoms with van der Waals surface area (Å²) in [4.78, 5) is 3.32. The van der Waals surface area contributed by atoms with Crippen molar-refractivity contribution in [2.45, 2.75) is 11.1 Å². The van der Waals surface area contributed by atoms with Crippen molar-refractivity contribution >= 4 is 27.9 Å². The largest absolute Gasteiger partial charge is 0.417 e. The highest BCUT2D eigenvalue weighted by atomic mass is 32.2. The third-order valence-electron chi connectivity index (χ3n) is 3.76. The molecule has 0 amide bonds. The second-order valence-corrected chi connectivity index (χ2v) is 7.46. The van der Waals surface area contributed by atoms with E-state index in [2.05, 4.69) is 9.71 Å². The molecule has 0 aliphatic heterocycles. The van der Waals surface area contributed by atoms with E-state index in [1.165, 1.54) is 18.2 Å². The normalized spacial score (nSPS) is 12.2. The lowest BCUT2D eigenvalue weighted by molar-refractivity contribution is -0.139. The van der Waals surface area contributed by atoms with Gasteiger partial charge in [0, 0.05) is 11.9 Å². The maximum Gasteiger partial charge on any atom is 0.417 e. The van der Waals surface area contributed by atoms with Crippen LogP contribution in [-0.4, -0.2) is 13.4 Å². The van der Waals surface area contributed by atoms with Crippen molar-refractivity contribution < 1.29 is 21.6 Å². The van der Waals surface area contributed by atoms with Gasteiger partial charge in [-0.15, -0.1) is 0 Å². The molecule has 8 heteroatoms. The number of sulfonamides is 1. The first-order valence-electron chi connectivity index (χ1n) is 8.14. The fourth-order valence-corrected chi connectivity index (χ4v) is 3.79. The van der Waals surface area contributed by atoms with Crippen LogP contribution in [0.1, 0.15) is 16.8 Å². The number of anilines is 1. The molecule has 144 valence electrons. The maximum absolute atomic E-state index is 13.1. The van der Waals surface area contributed by atoms with E-state index in [1.54, 1.807) is 42.6 Å². The topological polar surface area (TPSA) is 59.1 Å². The van der Waals surface area contributed by atoms with Gasteiger partial charge >= 0.3 is 6.18 Å². The van der Waals surface area contributed by atoms with Crippen molar-refractivity contribution in [1.29, 1.82) is 0 Å². The Morgan fingerprint density at radius 1 is 0.893 bits per heavy atom. The van der Waals surface area contributed by atoms with Gasteiger partial charge in [0.15, 0.2) is 0 Å². The summed E-state index contributed by atoms with van der Waals surface area (Å²) >= 11 is 0. The summed E-state index contributed by atoms with van der Waals surface area (Å²) in [5.41, 5.74) is 0.316. The average Bonchev–Trinajstić information content (AvgIpc) is 2.66. The van der Waals surface area contributed by atoms with E-state index in [0.717, 1.165) is 18.2 Å². The summed E-state index contributed by atoms with van der Waals surface area (Å²) in [5, 5.41) is 0. The lowest BCUT2D eigenvalue weighted by atomic mass is 10.2. The summed E-state index contributed by atoms with van der Waals surface area (Å²) in [6.07, 6.45) is 0.331. The number of nitrogens with one attached hydrogen (secondary N) is 1. The Kier molecular flexibility index (Phi) is 5.51. The van der Waals surface area contributed by atoms with Crippen molar-refractivity contribution in [3.05, 3.63) is 89.7 Å². The molecule has 28 heavy (non-hydrogen) atoms. The number of aromatic nitrogens is 1. The monoisotopic (exact) mass is 404 g/mol. The van der Waals surface area contributed by atoms with E-state index in [1.807, 2.05) is 6.07 Å². The molecule has 0 aliphatic rings. The summed E-state index contributed by atoms with van der Waals surface area (Å²) < 4.78 is 66.7. The fraction of sp³-hybridized carbons (Fsp3) is 0.0500. The highest BCUT2D eigenvalue weighted by molar-refractivity contribution is 7.92. The molecule has 0 spiro atoms. The number of rotatable bonds is 5. The lowest BCUT2D eigenvalue weighted by Crippen LogP contribution is -2.18. The molecule has 3 aromatic rings. The number of nitrogens with zero attached hydrogens (tertiary/aromatic N) is 1. The molecule has 0 unspecified atom stereocenters. The zero-order valence-corrected chi connectivity index (χ0v) is 15.2. The molecule has 0 radical (unpaired) electrons. The zero-order chi connectivity index (χ0) is 20.2. The summed E-state index contributed by atoms with van der Waals surface area (Å²) in [7, 11) is -4.42. The van der Waals surface area contributed by atoms with E-state index in [0.29, 0.717) is 11.3 Å². The Hall–Kier alpha value is -3.13. The van der Waals surface area contributed by atoms with Crippen molar-refractivity contribution in [2.24, 2.45) is 0 Å². The molecule has 3 rings (SSSR count). The number of alkyl halides is 3. The number of halogens is 3. The molecule has 4 nitrogen and oxygen atoms in total. The van der Waals surface area contributed by atoms with Gasteiger partial charge in [0.25, 0.3) is 10.0 Å². The highest BCUT2D eigenvalue weighted by Crippen LogP contribution is 2.34. The molecule has 0 saturated carbocycles. The van der Waals surface area contributed by atoms with Gasteiger partial charge in [-0.05, 0) is 48.0 Å². The van der Waals surface area contributed by atoms with Crippen LogP contribution in [0.15, 0.2) is 77.8 Å². The fourth-order valence-electron chi connectivity index (χ4n) is 2.51. The molecule has 0 saturated heterocycles. The molecule has 0 bridgehead atoms. The van der Waals surface area contributed by atoms with Crippen molar-refractivity contribution in [3.63, 3.8) is 0 Å². The lowest BCUT2D eigenvalue weighted by Gasteiger charge is -2.14. The Morgan fingerprint density at radius 3 is 2.36 bits per heavy atom. The summed E-state index contributed by atoms with van der Waals surface area (Å²) in [6.45, 7) is 0. The van der Waals surface area contributed by atoms with Gasteiger partial charge in [-0.2, -0.15) is 13.2 Å². The Balaban J connectivity index is 1.87. The highest BCUT2D eigenvalue weighted by Gasteiger charge is 2.36. The van der Waals surface area contributed by atoms with Crippen molar-refractivity contribution in [1.82, 2.24) is 4.98 Å². The van der Waals surface area contributed by atoms with Crippen LogP contribution in [0.4, 0.5) is 18.9 Å². The first kappa shape index (κ1) is 19.6. The second kappa shape index (κ2) is 7.85. The number of hydrogen-bond acceptors (Lipinski definition) is 3. The van der Waals surface area contributed by atoms with Crippen LogP contribution in [-0.2, 0) is 16.2 Å². The molecule has 1 heterocycles. The van der Waals surface area contributed by atoms with Crippen molar-refractivity contribution in [3.8, 4) is 0 Å². The minimum atomic E-state index is -4.78. The first-order chi connectivity index (χ1) is 13.3. The second-order valence-electron chi connectivity index (χ2n) is 5.81. The smallest absolute Gasteiger partial charge is 0.280 e. The molecule has 2 aromatic carbocycles. The van der Waals surface area contributed by atoms with Crippen LogP contribution >= 0.6 is 0 Å². The van der Waals surface area contributed by atoms with E-state index in [-0.39, 0.29) is 5.69 Å². The number of hydrogen-bond donors (Lipinski definition) is 1. The van der Waals surface area contributed by atoms with Crippen LogP contribution < -0.4 is 4.72 Å². The summed E-state index contributed by atoms with van der Waals surface area (Å²) in [5.74, 6) is 0. The molecular weight excluding hydrogens is 389 g/mol. The Morgan fingerprint density at radius 2 is 1.64 bits per heavy atom. The number of pyridine rings is 1. The molecular formula is C20H15F3N2O2S. The third kappa shape index (κ3) is 4.77. The van der Waals surface area contributed by atoms with E-state index in [9.17, 15) is 21.6 Å². The van der Waals surface area contributed by atoms with Gasteiger partial charge in [0.2, 0.25) is 0 Å².